The fourth-order valence-corrected chi connectivity index (χ4v) is 3.46. The van der Waals surface area contributed by atoms with Crippen molar-refractivity contribution in [3.05, 3.63) is 66.1 Å². The first-order valence-electron chi connectivity index (χ1n) is 8.67. The molecule has 3 aromatic rings. The number of pyridine rings is 1. The number of aryl methyl sites for hydroxylation is 1. The van der Waals surface area contributed by atoms with Gasteiger partial charge >= 0.3 is 0 Å². The van der Waals surface area contributed by atoms with Crippen LogP contribution in [-0.2, 0) is 13.6 Å². The molecule has 0 saturated carbocycles. The second-order valence-electron chi connectivity index (χ2n) is 6.63. The van der Waals surface area contributed by atoms with Crippen molar-refractivity contribution in [3.63, 3.8) is 0 Å². The minimum atomic E-state index is 0.132. The fraction of sp³-hybridized carbons (Fsp3) is 0.300. The molecule has 1 fully saturated rings. The number of para-hydroxylation sites is 1. The van der Waals surface area contributed by atoms with Crippen LogP contribution in [0.3, 0.4) is 0 Å². The smallest absolute Gasteiger partial charge is 0.255 e. The number of rotatable bonds is 3. The van der Waals surface area contributed by atoms with Crippen molar-refractivity contribution < 1.29 is 4.79 Å². The second-order valence-corrected chi connectivity index (χ2v) is 6.63. The molecule has 128 valence electrons. The van der Waals surface area contributed by atoms with Gasteiger partial charge in [-0.2, -0.15) is 0 Å². The van der Waals surface area contributed by atoms with Crippen molar-refractivity contribution in [1.29, 1.82) is 0 Å². The van der Waals surface area contributed by atoms with Gasteiger partial charge in [0.1, 0.15) is 0 Å². The molecule has 1 aromatic carbocycles. The third-order valence-electron chi connectivity index (χ3n) is 4.85. The van der Waals surface area contributed by atoms with Gasteiger partial charge in [0, 0.05) is 63.7 Å². The molecule has 1 aliphatic rings. The number of amides is 1. The van der Waals surface area contributed by atoms with Crippen LogP contribution in [0.4, 0.5) is 0 Å². The van der Waals surface area contributed by atoms with E-state index in [1.807, 2.05) is 47.2 Å². The highest BCUT2D eigenvalue weighted by Crippen LogP contribution is 2.19. The van der Waals surface area contributed by atoms with E-state index < -0.39 is 0 Å². The van der Waals surface area contributed by atoms with Crippen LogP contribution in [0, 0.1) is 0 Å². The molecular formula is C20H22N4O. The lowest BCUT2D eigenvalue weighted by Gasteiger charge is -2.34. The highest BCUT2D eigenvalue weighted by atomic mass is 16.2. The van der Waals surface area contributed by atoms with Gasteiger partial charge in [-0.25, -0.2) is 0 Å². The summed E-state index contributed by atoms with van der Waals surface area (Å²) >= 11 is 0. The van der Waals surface area contributed by atoms with E-state index >= 15 is 0 Å². The van der Waals surface area contributed by atoms with E-state index in [9.17, 15) is 4.79 Å². The first-order valence-corrected chi connectivity index (χ1v) is 8.67. The highest BCUT2D eigenvalue weighted by molar-refractivity contribution is 5.94. The van der Waals surface area contributed by atoms with E-state index in [1.165, 1.54) is 10.9 Å². The Morgan fingerprint density at radius 2 is 1.88 bits per heavy atom. The SMILES string of the molecule is Cn1ccc(C(=O)N2CCN(Cc3cccc4cccnc34)CC2)c1. The van der Waals surface area contributed by atoms with Crippen LogP contribution in [-0.4, -0.2) is 51.4 Å². The normalized spacial score (nSPS) is 15.6. The molecule has 0 radical (unpaired) electrons. The first-order chi connectivity index (χ1) is 12.2. The Hall–Kier alpha value is -2.66. The summed E-state index contributed by atoms with van der Waals surface area (Å²) in [6, 6.07) is 12.3. The average molecular weight is 334 g/mol. The van der Waals surface area contributed by atoms with Crippen molar-refractivity contribution in [3.8, 4) is 0 Å². The molecule has 0 bridgehead atoms. The largest absolute Gasteiger partial charge is 0.356 e. The minimum Gasteiger partial charge on any atom is -0.356 e. The number of fused-ring (bicyclic) bond motifs is 1. The maximum atomic E-state index is 12.5. The molecule has 2 aromatic heterocycles. The molecule has 1 amide bonds. The van der Waals surface area contributed by atoms with Crippen LogP contribution in [0.25, 0.3) is 10.9 Å². The topological polar surface area (TPSA) is 41.4 Å². The number of hydrogen-bond acceptors (Lipinski definition) is 3. The molecule has 0 unspecified atom stereocenters. The number of benzene rings is 1. The number of nitrogens with zero attached hydrogens (tertiary/aromatic N) is 4. The van der Waals surface area contributed by atoms with E-state index in [0.717, 1.165) is 43.8 Å². The summed E-state index contributed by atoms with van der Waals surface area (Å²) in [4.78, 5) is 21.4. The van der Waals surface area contributed by atoms with Gasteiger partial charge in [-0.1, -0.05) is 24.3 Å². The third-order valence-corrected chi connectivity index (χ3v) is 4.85. The van der Waals surface area contributed by atoms with Crippen LogP contribution in [0.2, 0.25) is 0 Å². The number of carbonyl (C=O) groups excluding carboxylic acids is 1. The quantitative estimate of drug-likeness (QED) is 0.739. The lowest BCUT2D eigenvalue weighted by atomic mass is 10.1. The van der Waals surface area contributed by atoms with Gasteiger partial charge in [-0.15, -0.1) is 0 Å². The molecule has 4 rings (SSSR count). The van der Waals surface area contributed by atoms with Crippen molar-refractivity contribution in [1.82, 2.24) is 19.4 Å². The van der Waals surface area contributed by atoms with E-state index in [-0.39, 0.29) is 5.91 Å². The molecule has 1 saturated heterocycles. The molecule has 5 nitrogen and oxygen atoms in total. The lowest BCUT2D eigenvalue weighted by Crippen LogP contribution is -2.48. The van der Waals surface area contributed by atoms with E-state index in [0.29, 0.717) is 0 Å². The summed E-state index contributed by atoms with van der Waals surface area (Å²) in [5.74, 6) is 0.132. The van der Waals surface area contributed by atoms with Gasteiger partial charge in [0.15, 0.2) is 0 Å². The van der Waals surface area contributed by atoms with Gasteiger partial charge < -0.3 is 9.47 Å². The first kappa shape index (κ1) is 15.8. The molecule has 0 aliphatic carbocycles. The van der Waals surface area contributed by atoms with Gasteiger partial charge in [0.2, 0.25) is 0 Å². The number of piperazine rings is 1. The Morgan fingerprint density at radius 1 is 1.08 bits per heavy atom. The molecule has 3 heterocycles. The summed E-state index contributed by atoms with van der Waals surface area (Å²) < 4.78 is 1.91. The Bertz CT molecular complexity index is 888. The molecule has 25 heavy (non-hydrogen) atoms. The summed E-state index contributed by atoms with van der Waals surface area (Å²) in [6.45, 7) is 4.20. The zero-order valence-electron chi connectivity index (χ0n) is 14.4. The maximum Gasteiger partial charge on any atom is 0.255 e. The summed E-state index contributed by atoms with van der Waals surface area (Å²) in [5.41, 5.74) is 3.10. The van der Waals surface area contributed by atoms with E-state index in [1.54, 1.807) is 0 Å². The zero-order chi connectivity index (χ0) is 17.2. The van der Waals surface area contributed by atoms with E-state index in [2.05, 4.69) is 34.1 Å². The number of hydrogen-bond donors (Lipinski definition) is 0. The van der Waals surface area contributed by atoms with Gasteiger partial charge in [-0.05, 0) is 17.7 Å². The van der Waals surface area contributed by atoms with Gasteiger partial charge in [-0.3, -0.25) is 14.7 Å². The van der Waals surface area contributed by atoms with Crippen molar-refractivity contribution in [2.75, 3.05) is 26.2 Å². The molecule has 1 aliphatic heterocycles. The lowest BCUT2D eigenvalue weighted by molar-refractivity contribution is 0.0629. The Kier molecular flexibility index (Phi) is 4.24. The monoisotopic (exact) mass is 334 g/mol. The van der Waals surface area contributed by atoms with Gasteiger partial charge in [0.05, 0.1) is 11.1 Å². The summed E-state index contributed by atoms with van der Waals surface area (Å²) in [6.07, 6.45) is 5.65. The molecular weight excluding hydrogens is 312 g/mol. The van der Waals surface area contributed by atoms with Crippen LogP contribution in [0.15, 0.2) is 55.0 Å². The Labute approximate surface area is 147 Å². The van der Waals surface area contributed by atoms with Crippen LogP contribution in [0.5, 0.6) is 0 Å². The van der Waals surface area contributed by atoms with Crippen LogP contribution < -0.4 is 0 Å². The van der Waals surface area contributed by atoms with Crippen molar-refractivity contribution in [2.24, 2.45) is 7.05 Å². The summed E-state index contributed by atoms with van der Waals surface area (Å²) in [5, 5.41) is 1.18. The molecule has 5 heteroatoms. The minimum absolute atomic E-state index is 0.132. The molecule has 0 spiro atoms. The Balaban J connectivity index is 1.41. The van der Waals surface area contributed by atoms with Crippen molar-refractivity contribution in [2.45, 2.75) is 6.54 Å². The number of aromatic nitrogens is 2. The second kappa shape index (κ2) is 6.69. The van der Waals surface area contributed by atoms with Crippen LogP contribution in [0.1, 0.15) is 15.9 Å². The maximum absolute atomic E-state index is 12.5. The standard InChI is InChI=1S/C20H22N4O/c1-22-9-7-18(14-22)20(25)24-12-10-23(11-13-24)15-17-5-2-4-16-6-3-8-21-19(16)17/h2-9,14H,10-13,15H2,1H3. The highest BCUT2D eigenvalue weighted by Gasteiger charge is 2.23. The summed E-state index contributed by atoms with van der Waals surface area (Å²) in [7, 11) is 1.94. The predicted octanol–water partition coefficient (Wildman–Crippen LogP) is 2.53. The zero-order valence-corrected chi connectivity index (χ0v) is 14.4. The predicted molar refractivity (Wildman–Crippen MR) is 98.3 cm³/mol. The Morgan fingerprint density at radius 3 is 2.64 bits per heavy atom. The average Bonchev–Trinajstić information content (AvgIpc) is 3.08. The van der Waals surface area contributed by atoms with Crippen LogP contribution >= 0.6 is 0 Å². The third kappa shape index (κ3) is 3.28. The number of carbonyl (C=O) groups is 1. The molecule has 0 atom stereocenters. The van der Waals surface area contributed by atoms with Gasteiger partial charge in [0.25, 0.3) is 5.91 Å². The molecule has 0 N–H and O–H groups in total. The van der Waals surface area contributed by atoms with E-state index in [4.69, 9.17) is 0 Å². The fourth-order valence-electron chi connectivity index (χ4n) is 3.46. The van der Waals surface area contributed by atoms with Crippen molar-refractivity contribution >= 4 is 16.8 Å².